The number of benzene rings is 2. The van der Waals surface area contributed by atoms with Crippen LogP contribution in [0.3, 0.4) is 0 Å². The Labute approximate surface area is 176 Å². The van der Waals surface area contributed by atoms with Gasteiger partial charge in [-0.25, -0.2) is 0 Å². The largest absolute Gasteiger partial charge is 0.503 e. The Morgan fingerprint density at radius 1 is 1.00 bits per heavy atom. The minimum atomic E-state index is -0.289. The molecule has 2 N–H and O–H groups in total. The van der Waals surface area contributed by atoms with Gasteiger partial charge >= 0.3 is 0 Å². The third-order valence-corrected chi connectivity index (χ3v) is 4.42. The van der Waals surface area contributed by atoms with E-state index in [-0.39, 0.29) is 29.6 Å². The molecule has 0 unspecified atom stereocenters. The molecule has 1 amide bonds. The minimum absolute atomic E-state index is 0.146. The van der Waals surface area contributed by atoms with Crippen LogP contribution in [-0.4, -0.2) is 65.0 Å². The SMILES string of the molecule is C=C(c1cc(OC)c(OC)c(OC)c1)c1ccc(OC)c(O)c1NC(=O)CN(C)C. The lowest BCUT2D eigenvalue weighted by atomic mass is 9.96. The first kappa shape index (κ1) is 22.9. The fourth-order valence-electron chi connectivity index (χ4n) is 2.99. The molecule has 0 radical (unpaired) electrons. The van der Waals surface area contributed by atoms with Crippen molar-refractivity contribution >= 4 is 17.2 Å². The third kappa shape index (κ3) is 4.77. The molecule has 0 aromatic heterocycles. The minimum Gasteiger partial charge on any atom is -0.503 e. The van der Waals surface area contributed by atoms with Gasteiger partial charge in [-0.3, -0.25) is 4.79 Å². The van der Waals surface area contributed by atoms with Crippen molar-refractivity contribution in [1.29, 1.82) is 0 Å². The van der Waals surface area contributed by atoms with E-state index in [9.17, 15) is 9.90 Å². The average molecular weight is 416 g/mol. The maximum Gasteiger partial charge on any atom is 0.238 e. The molecular formula is C22H28N2O6. The first-order valence-electron chi connectivity index (χ1n) is 9.11. The van der Waals surface area contributed by atoms with Crippen LogP contribution in [0.15, 0.2) is 30.8 Å². The van der Waals surface area contributed by atoms with Gasteiger partial charge in [0.15, 0.2) is 23.0 Å². The van der Waals surface area contributed by atoms with Crippen molar-refractivity contribution in [2.45, 2.75) is 0 Å². The molecule has 8 heteroatoms. The highest BCUT2D eigenvalue weighted by molar-refractivity contribution is 5.99. The number of hydrogen-bond donors (Lipinski definition) is 2. The molecule has 0 saturated heterocycles. The fraction of sp³-hybridized carbons (Fsp3) is 0.318. The van der Waals surface area contributed by atoms with Crippen LogP contribution in [-0.2, 0) is 4.79 Å². The highest BCUT2D eigenvalue weighted by Crippen LogP contribution is 2.44. The van der Waals surface area contributed by atoms with Gasteiger partial charge in [0.1, 0.15) is 0 Å². The molecule has 0 aliphatic heterocycles. The van der Waals surface area contributed by atoms with Crippen molar-refractivity contribution in [3.63, 3.8) is 0 Å². The zero-order chi connectivity index (χ0) is 22.4. The Bertz CT molecular complexity index is 914. The number of anilines is 1. The molecule has 0 aliphatic rings. The Hall–Kier alpha value is -3.39. The first-order valence-corrected chi connectivity index (χ1v) is 9.11. The maximum atomic E-state index is 12.4. The molecule has 8 nitrogen and oxygen atoms in total. The molecule has 0 bridgehead atoms. The topological polar surface area (TPSA) is 89.5 Å². The zero-order valence-corrected chi connectivity index (χ0v) is 18.2. The summed E-state index contributed by atoms with van der Waals surface area (Å²) >= 11 is 0. The lowest BCUT2D eigenvalue weighted by Gasteiger charge is -2.19. The molecule has 0 aliphatic carbocycles. The van der Waals surface area contributed by atoms with Gasteiger partial charge in [-0.15, -0.1) is 0 Å². The van der Waals surface area contributed by atoms with Crippen molar-refractivity contribution in [3.05, 3.63) is 42.0 Å². The number of nitrogens with one attached hydrogen (secondary N) is 1. The van der Waals surface area contributed by atoms with Crippen LogP contribution in [0, 0.1) is 0 Å². The van der Waals surface area contributed by atoms with Crippen molar-refractivity contribution in [2.75, 3.05) is 54.4 Å². The van der Waals surface area contributed by atoms with E-state index in [1.54, 1.807) is 43.3 Å². The van der Waals surface area contributed by atoms with E-state index < -0.39 is 0 Å². The molecule has 30 heavy (non-hydrogen) atoms. The number of ether oxygens (including phenoxy) is 4. The number of aromatic hydroxyl groups is 1. The number of nitrogens with zero attached hydrogens (tertiary/aromatic N) is 1. The van der Waals surface area contributed by atoms with Gasteiger partial charge in [0.05, 0.1) is 40.7 Å². The van der Waals surface area contributed by atoms with Crippen LogP contribution in [0.5, 0.6) is 28.7 Å². The summed E-state index contributed by atoms with van der Waals surface area (Å²) in [5.74, 6) is 1.14. The molecule has 0 saturated carbocycles. The number of phenols is 1. The van der Waals surface area contributed by atoms with Crippen LogP contribution < -0.4 is 24.3 Å². The van der Waals surface area contributed by atoms with Gasteiger partial charge < -0.3 is 34.3 Å². The number of carbonyl (C=O) groups excluding carboxylic acids is 1. The van der Waals surface area contributed by atoms with E-state index in [2.05, 4.69) is 11.9 Å². The lowest BCUT2D eigenvalue weighted by molar-refractivity contribution is -0.116. The van der Waals surface area contributed by atoms with Gasteiger partial charge in [-0.05, 0) is 49.5 Å². The Kier molecular flexibility index (Phi) is 7.54. The van der Waals surface area contributed by atoms with E-state index in [1.807, 2.05) is 0 Å². The Morgan fingerprint density at radius 2 is 1.57 bits per heavy atom. The van der Waals surface area contributed by atoms with Crippen LogP contribution in [0.2, 0.25) is 0 Å². The summed E-state index contributed by atoms with van der Waals surface area (Å²) in [4.78, 5) is 14.1. The van der Waals surface area contributed by atoms with Crippen molar-refractivity contribution in [1.82, 2.24) is 4.90 Å². The molecule has 162 valence electrons. The highest BCUT2D eigenvalue weighted by Gasteiger charge is 2.21. The summed E-state index contributed by atoms with van der Waals surface area (Å²) in [6.07, 6.45) is 0. The quantitative estimate of drug-likeness (QED) is 0.608. The third-order valence-electron chi connectivity index (χ3n) is 4.42. The summed E-state index contributed by atoms with van der Waals surface area (Å²) in [5.41, 5.74) is 1.93. The van der Waals surface area contributed by atoms with Gasteiger partial charge in [0, 0.05) is 5.56 Å². The molecular weight excluding hydrogens is 388 g/mol. The number of methoxy groups -OCH3 is 4. The summed E-state index contributed by atoms with van der Waals surface area (Å²) in [5, 5.41) is 13.4. The van der Waals surface area contributed by atoms with Gasteiger partial charge in [-0.2, -0.15) is 0 Å². The summed E-state index contributed by atoms with van der Waals surface area (Å²) in [6, 6.07) is 6.82. The average Bonchev–Trinajstić information content (AvgIpc) is 2.72. The van der Waals surface area contributed by atoms with Gasteiger partial charge in [0.25, 0.3) is 0 Å². The van der Waals surface area contributed by atoms with Crippen molar-refractivity contribution in [2.24, 2.45) is 0 Å². The first-order chi connectivity index (χ1) is 14.3. The summed E-state index contributed by atoms with van der Waals surface area (Å²) in [7, 11) is 9.57. The molecule has 0 heterocycles. The Morgan fingerprint density at radius 3 is 2.03 bits per heavy atom. The molecule has 2 aromatic rings. The van der Waals surface area contributed by atoms with Crippen LogP contribution in [0.25, 0.3) is 5.57 Å². The molecule has 0 spiro atoms. The normalized spacial score (nSPS) is 10.5. The smallest absolute Gasteiger partial charge is 0.238 e. The molecule has 2 rings (SSSR count). The predicted octanol–water partition coefficient (Wildman–Crippen LogP) is 2.99. The zero-order valence-electron chi connectivity index (χ0n) is 18.2. The van der Waals surface area contributed by atoms with Crippen LogP contribution in [0.1, 0.15) is 11.1 Å². The van der Waals surface area contributed by atoms with E-state index in [0.29, 0.717) is 33.9 Å². The molecule has 0 fully saturated rings. The van der Waals surface area contributed by atoms with E-state index in [1.165, 1.54) is 28.4 Å². The van der Waals surface area contributed by atoms with Crippen LogP contribution in [0.4, 0.5) is 5.69 Å². The second kappa shape index (κ2) is 9.89. The van der Waals surface area contributed by atoms with Gasteiger partial charge in [-0.1, -0.05) is 6.58 Å². The second-order valence-corrected chi connectivity index (χ2v) is 6.72. The molecule has 2 aromatic carbocycles. The number of amides is 1. The number of hydrogen-bond acceptors (Lipinski definition) is 7. The summed E-state index contributed by atoms with van der Waals surface area (Å²) in [6.45, 7) is 4.31. The number of likely N-dealkylation sites (N-methyl/N-ethyl adjacent to an activating group) is 1. The van der Waals surface area contributed by atoms with E-state index in [4.69, 9.17) is 18.9 Å². The van der Waals surface area contributed by atoms with Gasteiger partial charge in [0.2, 0.25) is 11.7 Å². The van der Waals surface area contributed by atoms with Crippen molar-refractivity contribution in [3.8, 4) is 28.7 Å². The van der Waals surface area contributed by atoms with E-state index in [0.717, 1.165) is 0 Å². The lowest BCUT2D eigenvalue weighted by Crippen LogP contribution is -2.27. The monoisotopic (exact) mass is 416 g/mol. The predicted molar refractivity (Wildman–Crippen MR) is 116 cm³/mol. The number of rotatable bonds is 9. The standard InChI is InChI=1S/C22H28N2O6/c1-13(14-10-17(28-5)22(30-7)18(11-14)29-6)15-8-9-16(27-4)21(26)20(15)23-19(25)12-24(2)3/h8-11,26H,1,12H2,2-7H3,(H,23,25). The maximum absolute atomic E-state index is 12.4. The number of carbonyl (C=O) groups is 1. The van der Waals surface area contributed by atoms with E-state index >= 15 is 0 Å². The Balaban J connectivity index is 2.59. The molecule has 0 atom stereocenters. The summed E-state index contributed by atoms with van der Waals surface area (Å²) < 4.78 is 21.4. The fourth-order valence-corrected chi connectivity index (χ4v) is 2.99. The number of phenolic OH excluding ortho intramolecular Hbond substituents is 1. The van der Waals surface area contributed by atoms with Crippen molar-refractivity contribution < 1.29 is 28.8 Å². The highest BCUT2D eigenvalue weighted by atomic mass is 16.5. The van der Waals surface area contributed by atoms with Crippen LogP contribution >= 0.6 is 0 Å². The second-order valence-electron chi connectivity index (χ2n) is 6.72.